The van der Waals surface area contributed by atoms with Crippen molar-refractivity contribution < 1.29 is 14.3 Å². The summed E-state index contributed by atoms with van der Waals surface area (Å²) in [5, 5.41) is 3.05. The largest absolute Gasteiger partial charge is 0.497 e. The zero-order valence-electron chi connectivity index (χ0n) is 16.3. The number of methoxy groups -OCH3 is 1. The Hall–Kier alpha value is -2.83. The van der Waals surface area contributed by atoms with E-state index in [1.54, 1.807) is 21.0 Å². The lowest BCUT2D eigenvalue weighted by atomic mass is 9.89. The van der Waals surface area contributed by atoms with E-state index in [0.29, 0.717) is 35.0 Å². The molecule has 27 heavy (non-hydrogen) atoms. The number of rotatable bonds is 4. The van der Waals surface area contributed by atoms with Crippen molar-refractivity contribution in [2.45, 2.75) is 52.2 Å². The van der Waals surface area contributed by atoms with Crippen LogP contribution in [0, 0.1) is 13.8 Å². The summed E-state index contributed by atoms with van der Waals surface area (Å²) in [6.45, 7) is 7.41. The van der Waals surface area contributed by atoms with E-state index in [-0.39, 0.29) is 23.9 Å². The number of aromatic nitrogens is 2. The first kappa shape index (κ1) is 18.9. The van der Waals surface area contributed by atoms with Crippen LogP contribution in [0.15, 0.2) is 23.0 Å². The molecule has 1 aromatic carbocycles. The topological polar surface area (TPSA) is 93.3 Å². The van der Waals surface area contributed by atoms with Crippen LogP contribution in [0.3, 0.4) is 0 Å². The van der Waals surface area contributed by atoms with Gasteiger partial charge in [-0.3, -0.25) is 9.59 Å². The number of aryl methyl sites for hydroxylation is 2. The molecule has 0 radical (unpaired) electrons. The molecule has 1 amide bonds. The van der Waals surface area contributed by atoms with E-state index in [4.69, 9.17) is 9.47 Å². The van der Waals surface area contributed by atoms with Gasteiger partial charge in [0.1, 0.15) is 22.9 Å². The van der Waals surface area contributed by atoms with Gasteiger partial charge in [-0.05, 0) is 39.8 Å². The maximum Gasteiger partial charge on any atom is 0.254 e. The number of fused-ring (bicyclic) bond motifs is 1. The second-order valence-electron chi connectivity index (χ2n) is 7.48. The summed E-state index contributed by atoms with van der Waals surface area (Å²) in [6, 6.07) is 5.37. The smallest absolute Gasteiger partial charge is 0.254 e. The van der Waals surface area contributed by atoms with Crippen molar-refractivity contribution in [2.75, 3.05) is 7.11 Å². The van der Waals surface area contributed by atoms with Gasteiger partial charge in [-0.15, -0.1) is 0 Å². The number of benzene rings is 1. The Bertz CT molecular complexity index is 933. The quantitative estimate of drug-likeness (QED) is 0.861. The highest BCUT2D eigenvalue weighted by Gasteiger charge is 2.35. The fourth-order valence-corrected chi connectivity index (χ4v) is 3.45. The molecule has 2 N–H and O–H groups in total. The van der Waals surface area contributed by atoms with Crippen LogP contribution in [0.2, 0.25) is 0 Å². The van der Waals surface area contributed by atoms with Crippen molar-refractivity contribution >= 4 is 5.91 Å². The molecule has 7 heteroatoms. The van der Waals surface area contributed by atoms with Gasteiger partial charge in [-0.25, -0.2) is 4.98 Å². The van der Waals surface area contributed by atoms with Crippen LogP contribution >= 0.6 is 0 Å². The maximum absolute atomic E-state index is 12.7. The van der Waals surface area contributed by atoms with E-state index in [9.17, 15) is 9.59 Å². The third kappa shape index (κ3) is 4.13. The Kier molecular flexibility index (Phi) is 4.95. The lowest BCUT2D eigenvalue weighted by molar-refractivity contribution is -0.121. The van der Waals surface area contributed by atoms with Crippen LogP contribution in [0.5, 0.6) is 11.5 Å². The number of hydrogen-bond donors (Lipinski definition) is 2. The molecule has 2 heterocycles. The monoisotopic (exact) mass is 371 g/mol. The zero-order valence-corrected chi connectivity index (χ0v) is 16.3. The summed E-state index contributed by atoms with van der Waals surface area (Å²) in [5.74, 6) is 1.71. The van der Waals surface area contributed by atoms with Gasteiger partial charge in [0, 0.05) is 29.3 Å². The van der Waals surface area contributed by atoms with E-state index in [1.165, 1.54) is 0 Å². The Morgan fingerprint density at radius 1 is 1.41 bits per heavy atom. The Balaban J connectivity index is 1.83. The van der Waals surface area contributed by atoms with E-state index in [0.717, 1.165) is 5.56 Å². The molecule has 144 valence electrons. The average molecular weight is 371 g/mol. The highest BCUT2D eigenvalue weighted by molar-refractivity contribution is 5.79. The number of aromatic amines is 1. The van der Waals surface area contributed by atoms with Gasteiger partial charge in [0.05, 0.1) is 19.6 Å². The predicted octanol–water partition coefficient (Wildman–Crippen LogP) is 2.36. The van der Waals surface area contributed by atoms with Crippen LogP contribution in [0.1, 0.15) is 49.0 Å². The average Bonchev–Trinajstić information content (AvgIpc) is 2.56. The summed E-state index contributed by atoms with van der Waals surface area (Å²) in [7, 11) is 1.60. The fourth-order valence-electron chi connectivity index (χ4n) is 3.45. The Morgan fingerprint density at radius 3 is 2.81 bits per heavy atom. The zero-order chi connectivity index (χ0) is 19.8. The summed E-state index contributed by atoms with van der Waals surface area (Å²) in [5.41, 5.74) is 1.16. The van der Waals surface area contributed by atoms with Crippen LogP contribution in [0.25, 0.3) is 0 Å². The summed E-state index contributed by atoms with van der Waals surface area (Å²) in [4.78, 5) is 31.7. The van der Waals surface area contributed by atoms with Crippen LogP contribution < -0.4 is 20.3 Å². The molecule has 1 unspecified atom stereocenters. The van der Waals surface area contributed by atoms with Crippen molar-refractivity contribution in [1.82, 2.24) is 15.3 Å². The van der Waals surface area contributed by atoms with Gasteiger partial charge in [0.25, 0.3) is 5.56 Å². The SMILES string of the molecule is COc1ccc2c(c1)OC(C)(C)CC2NC(=O)Cc1c(C)nc(C)[nH]c1=O. The van der Waals surface area contributed by atoms with Crippen molar-refractivity contribution in [3.63, 3.8) is 0 Å². The molecule has 1 aliphatic heterocycles. The van der Waals surface area contributed by atoms with Gasteiger partial charge < -0.3 is 19.8 Å². The van der Waals surface area contributed by atoms with Crippen LogP contribution in [0.4, 0.5) is 0 Å². The lowest BCUT2D eigenvalue weighted by Crippen LogP contribution is -2.42. The van der Waals surface area contributed by atoms with E-state index in [2.05, 4.69) is 15.3 Å². The van der Waals surface area contributed by atoms with E-state index < -0.39 is 5.60 Å². The molecule has 1 aliphatic rings. The Labute approximate surface area is 158 Å². The molecular weight excluding hydrogens is 346 g/mol. The number of hydrogen-bond acceptors (Lipinski definition) is 5. The third-order valence-corrected chi connectivity index (χ3v) is 4.69. The molecule has 2 aromatic rings. The number of carbonyl (C=O) groups is 1. The molecule has 0 saturated heterocycles. The number of amides is 1. The molecule has 1 atom stereocenters. The van der Waals surface area contributed by atoms with Gasteiger partial charge >= 0.3 is 0 Å². The van der Waals surface area contributed by atoms with Crippen molar-refractivity contribution in [3.05, 3.63) is 51.2 Å². The van der Waals surface area contributed by atoms with Crippen molar-refractivity contribution in [2.24, 2.45) is 0 Å². The molecule has 1 aromatic heterocycles. The van der Waals surface area contributed by atoms with Gasteiger partial charge in [-0.1, -0.05) is 0 Å². The number of H-pyrrole nitrogens is 1. The number of ether oxygens (including phenoxy) is 2. The number of carbonyl (C=O) groups excluding carboxylic acids is 1. The highest BCUT2D eigenvalue weighted by Crippen LogP contribution is 2.41. The molecule has 0 spiro atoms. The highest BCUT2D eigenvalue weighted by atomic mass is 16.5. The van der Waals surface area contributed by atoms with Gasteiger partial charge in [-0.2, -0.15) is 0 Å². The fraction of sp³-hybridized carbons (Fsp3) is 0.450. The minimum atomic E-state index is -0.434. The first-order valence-corrected chi connectivity index (χ1v) is 8.91. The van der Waals surface area contributed by atoms with Gasteiger partial charge in [0.2, 0.25) is 5.91 Å². The molecule has 0 bridgehead atoms. The number of nitrogens with one attached hydrogen (secondary N) is 2. The van der Waals surface area contributed by atoms with Crippen LogP contribution in [-0.4, -0.2) is 28.6 Å². The molecule has 0 fully saturated rings. The van der Waals surface area contributed by atoms with E-state index >= 15 is 0 Å². The molecular formula is C20H25N3O4. The summed E-state index contributed by atoms with van der Waals surface area (Å²) in [6.07, 6.45) is 0.608. The van der Waals surface area contributed by atoms with Crippen molar-refractivity contribution in [3.8, 4) is 11.5 Å². The summed E-state index contributed by atoms with van der Waals surface area (Å²) < 4.78 is 11.3. The van der Waals surface area contributed by atoms with Crippen LogP contribution in [-0.2, 0) is 11.2 Å². The molecule has 0 saturated carbocycles. The Morgan fingerprint density at radius 2 is 2.15 bits per heavy atom. The van der Waals surface area contributed by atoms with E-state index in [1.807, 2.05) is 32.0 Å². The summed E-state index contributed by atoms with van der Waals surface area (Å²) >= 11 is 0. The molecule has 7 nitrogen and oxygen atoms in total. The molecule has 0 aliphatic carbocycles. The first-order valence-electron chi connectivity index (χ1n) is 8.91. The van der Waals surface area contributed by atoms with Crippen molar-refractivity contribution in [1.29, 1.82) is 0 Å². The number of nitrogens with zero attached hydrogens (tertiary/aromatic N) is 1. The third-order valence-electron chi connectivity index (χ3n) is 4.69. The minimum Gasteiger partial charge on any atom is -0.497 e. The minimum absolute atomic E-state index is 0.0162. The first-order chi connectivity index (χ1) is 12.7. The second-order valence-corrected chi connectivity index (χ2v) is 7.48. The standard InChI is InChI=1S/C20H25N3O4/c1-11-15(19(25)22-12(2)21-11)9-18(24)23-16-10-20(3,4)27-17-8-13(26-5)6-7-14(16)17/h6-8,16H,9-10H2,1-5H3,(H,23,24)(H,21,22,25). The second kappa shape index (κ2) is 7.06. The normalized spacial score (nSPS) is 17.6. The van der Waals surface area contributed by atoms with Gasteiger partial charge in [0.15, 0.2) is 0 Å². The maximum atomic E-state index is 12.7. The lowest BCUT2D eigenvalue weighted by Gasteiger charge is -2.38. The predicted molar refractivity (Wildman–Crippen MR) is 101 cm³/mol. The molecule has 3 rings (SSSR count).